The molecule has 7 atom stereocenters. The summed E-state index contributed by atoms with van der Waals surface area (Å²) in [5.74, 6) is -1.24. The average Bonchev–Trinajstić information content (AvgIpc) is 3.20. The smallest absolute Gasteiger partial charge is 0.306 e. The molecule has 0 bridgehead atoms. The van der Waals surface area contributed by atoms with Crippen molar-refractivity contribution in [2.24, 2.45) is 28.6 Å². The van der Waals surface area contributed by atoms with E-state index >= 15 is 0 Å². The van der Waals surface area contributed by atoms with E-state index in [0.29, 0.717) is 18.5 Å². The second-order valence-corrected chi connectivity index (χ2v) is 12.7. The van der Waals surface area contributed by atoms with Crippen LogP contribution in [0.3, 0.4) is 0 Å². The van der Waals surface area contributed by atoms with Gasteiger partial charge in [-0.2, -0.15) is 0 Å². The number of hydrogen-bond acceptors (Lipinski definition) is 8. The zero-order valence-corrected chi connectivity index (χ0v) is 23.4. The van der Waals surface area contributed by atoms with Crippen molar-refractivity contribution >= 4 is 23.4 Å². The lowest BCUT2D eigenvalue weighted by molar-refractivity contribution is -0.184. The Hall–Kier alpha value is -2.91. The number of Topliss-reactive ketones (excluding diaryl/α,β-unsaturated/α-hetero) is 1. The van der Waals surface area contributed by atoms with Crippen LogP contribution >= 0.6 is 0 Å². The molecule has 1 aromatic rings. The number of esters is 1. The summed E-state index contributed by atoms with van der Waals surface area (Å²) < 4.78 is 5.21. The van der Waals surface area contributed by atoms with E-state index < -0.39 is 35.5 Å². The average molecular weight is 553 g/mol. The van der Waals surface area contributed by atoms with E-state index in [0.717, 1.165) is 24.8 Å². The number of rotatable bonds is 8. The minimum absolute atomic E-state index is 0.0160. The van der Waals surface area contributed by atoms with Crippen molar-refractivity contribution < 1.29 is 34.1 Å². The van der Waals surface area contributed by atoms with Gasteiger partial charge in [0.2, 0.25) is 11.7 Å². The van der Waals surface area contributed by atoms with Crippen LogP contribution in [0.1, 0.15) is 77.3 Å². The van der Waals surface area contributed by atoms with Gasteiger partial charge in [0.15, 0.2) is 12.4 Å². The quantitative estimate of drug-likeness (QED) is 0.418. The van der Waals surface area contributed by atoms with Gasteiger partial charge in [0.25, 0.3) is 0 Å². The lowest BCUT2D eigenvalue weighted by Gasteiger charge is -2.60. The monoisotopic (exact) mass is 552 g/mol. The van der Waals surface area contributed by atoms with Gasteiger partial charge in [-0.05, 0) is 79.9 Å². The highest BCUT2D eigenvalue weighted by Gasteiger charge is 2.68. The van der Waals surface area contributed by atoms with Gasteiger partial charge < -0.3 is 20.3 Å². The molecule has 0 saturated heterocycles. The molecule has 1 aromatic heterocycles. The maximum absolute atomic E-state index is 13.4. The van der Waals surface area contributed by atoms with Crippen molar-refractivity contribution in [1.29, 1.82) is 0 Å². The molecule has 4 aliphatic carbocycles. The van der Waals surface area contributed by atoms with E-state index in [4.69, 9.17) is 4.74 Å². The summed E-state index contributed by atoms with van der Waals surface area (Å²) in [6, 6.07) is 5.38. The van der Waals surface area contributed by atoms with E-state index in [2.05, 4.69) is 17.2 Å². The molecule has 216 valence electrons. The molecule has 3 fully saturated rings. The Morgan fingerprint density at radius 1 is 1.12 bits per heavy atom. The Labute approximate surface area is 234 Å². The van der Waals surface area contributed by atoms with Crippen LogP contribution < -0.4 is 5.32 Å². The third-order valence-corrected chi connectivity index (χ3v) is 10.6. The van der Waals surface area contributed by atoms with E-state index in [1.807, 2.05) is 13.0 Å². The maximum Gasteiger partial charge on any atom is 0.306 e. The molecule has 9 nitrogen and oxygen atoms in total. The topological polar surface area (TPSA) is 143 Å². The molecule has 5 rings (SSSR count). The van der Waals surface area contributed by atoms with Gasteiger partial charge >= 0.3 is 5.97 Å². The number of allylic oxidation sites excluding steroid dienone is 1. The fourth-order valence-electron chi connectivity index (χ4n) is 8.48. The number of aromatic nitrogens is 1. The predicted octanol–water partition coefficient (Wildman–Crippen LogP) is 2.82. The fourth-order valence-corrected chi connectivity index (χ4v) is 8.48. The van der Waals surface area contributed by atoms with Crippen LogP contribution in [0.25, 0.3) is 0 Å². The van der Waals surface area contributed by atoms with E-state index in [1.54, 1.807) is 24.4 Å². The highest BCUT2D eigenvalue weighted by Crippen LogP contribution is 2.67. The van der Waals surface area contributed by atoms with Crippen LogP contribution in [0, 0.1) is 28.6 Å². The van der Waals surface area contributed by atoms with Crippen LogP contribution in [-0.2, 0) is 30.5 Å². The van der Waals surface area contributed by atoms with Crippen molar-refractivity contribution in [2.75, 3.05) is 6.61 Å². The number of aliphatic hydroxyl groups excluding tert-OH is 1. The molecule has 0 spiro atoms. The van der Waals surface area contributed by atoms with Gasteiger partial charge in [-0.25, -0.2) is 0 Å². The maximum atomic E-state index is 13.4. The summed E-state index contributed by atoms with van der Waals surface area (Å²) in [6.07, 6.45) is 6.45. The number of aliphatic hydroxyl groups is 2. The molecular weight excluding hydrogens is 512 g/mol. The lowest BCUT2D eigenvalue weighted by atomic mass is 9.45. The second-order valence-electron chi connectivity index (χ2n) is 12.7. The molecule has 4 aliphatic rings. The molecule has 0 unspecified atom stereocenters. The molecule has 0 aliphatic heterocycles. The Morgan fingerprint density at radius 2 is 1.93 bits per heavy atom. The first kappa shape index (κ1) is 28.6. The minimum Gasteiger partial charge on any atom is -0.458 e. The Morgan fingerprint density at radius 3 is 2.67 bits per heavy atom. The number of amides is 1. The van der Waals surface area contributed by atoms with Crippen molar-refractivity contribution in [3.8, 4) is 0 Å². The fraction of sp³-hybridized carbons (Fsp3) is 0.645. The van der Waals surface area contributed by atoms with Crippen molar-refractivity contribution in [3.63, 3.8) is 0 Å². The molecular formula is C31H40N2O7. The molecule has 1 amide bonds. The third kappa shape index (κ3) is 4.91. The zero-order valence-electron chi connectivity index (χ0n) is 23.4. The Balaban J connectivity index is 1.18. The number of carbonyl (C=O) groups excluding carboxylic acids is 4. The third-order valence-electron chi connectivity index (χ3n) is 10.6. The number of hydrogen-bond donors (Lipinski definition) is 3. The predicted molar refractivity (Wildman–Crippen MR) is 144 cm³/mol. The van der Waals surface area contributed by atoms with Crippen molar-refractivity contribution in [1.82, 2.24) is 10.3 Å². The number of nitrogens with zero attached hydrogens (tertiary/aromatic N) is 1. The Kier molecular flexibility index (Phi) is 7.74. The van der Waals surface area contributed by atoms with Gasteiger partial charge in [-0.15, -0.1) is 0 Å². The number of pyridine rings is 1. The van der Waals surface area contributed by atoms with E-state index in [-0.39, 0.29) is 67.1 Å². The van der Waals surface area contributed by atoms with Gasteiger partial charge in [-0.3, -0.25) is 24.2 Å². The number of carbonyl (C=O) groups is 4. The summed E-state index contributed by atoms with van der Waals surface area (Å²) in [6.45, 7) is 3.75. The summed E-state index contributed by atoms with van der Waals surface area (Å²) in [5.41, 5.74) is -0.961. The van der Waals surface area contributed by atoms with Gasteiger partial charge in [0, 0.05) is 24.5 Å². The largest absolute Gasteiger partial charge is 0.458 e. The zero-order chi connectivity index (χ0) is 28.7. The first-order valence-electron chi connectivity index (χ1n) is 14.5. The molecule has 0 radical (unpaired) electrons. The second kappa shape index (κ2) is 10.8. The highest BCUT2D eigenvalue weighted by molar-refractivity contribution is 5.92. The van der Waals surface area contributed by atoms with Crippen LogP contribution in [0.5, 0.6) is 0 Å². The molecule has 3 N–H and O–H groups in total. The Bertz CT molecular complexity index is 1220. The highest BCUT2D eigenvalue weighted by atomic mass is 16.5. The first-order valence-corrected chi connectivity index (χ1v) is 14.5. The molecule has 0 aromatic carbocycles. The van der Waals surface area contributed by atoms with Crippen molar-refractivity contribution in [3.05, 3.63) is 41.7 Å². The van der Waals surface area contributed by atoms with Crippen molar-refractivity contribution in [2.45, 2.75) is 89.9 Å². The van der Waals surface area contributed by atoms with E-state index in [9.17, 15) is 29.4 Å². The molecule has 9 heteroatoms. The number of nitrogens with one attached hydrogen (secondary N) is 1. The van der Waals surface area contributed by atoms with Gasteiger partial charge in [0.1, 0.15) is 5.60 Å². The summed E-state index contributed by atoms with van der Waals surface area (Å²) >= 11 is 0. The summed E-state index contributed by atoms with van der Waals surface area (Å²) in [4.78, 5) is 54.0. The molecule has 40 heavy (non-hydrogen) atoms. The van der Waals surface area contributed by atoms with Crippen LogP contribution in [-0.4, -0.2) is 57.0 Å². The normalized spacial score (nSPS) is 36.5. The first-order chi connectivity index (χ1) is 19.0. The number of fused-ring (bicyclic) bond motifs is 5. The SMILES string of the molecule is C[C@]12CCC(=O)C=C1CC[C@@H]1[C@H]2[C@@H](O)C[C@@]2(C)[C@H]1CC[C@]2(O)C(=O)COC(=O)CCC(=O)NCc1ccccn1. The minimum atomic E-state index is -1.70. The van der Waals surface area contributed by atoms with Crippen LogP contribution in [0.4, 0.5) is 0 Å². The number of ketones is 2. The molecule has 3 saturated carbocycles. The van der Waals surface area contributed by atoms with E-state index in [1.165, 1.54) is 0 Å². The summed E-state index contributed by atoms with van der Waals surface area (Å²) in [5, 5.41) is 26.0. The molecule has 1 heterocycles. The number of ether oxygens (including phenoxy) is 1. The van der Waals surface area contributed by atoms with Gasteiger partial charge in [0.05, 0.1) is 24.8 Å². The van der Waals surface area contributed by atoms with Gasteiger partial charge in [-0.1, -0.05) is 25.5 Å². The lowest BCUT2D eigenvalue weighted by Crippen LogP contribution is -2.62. The van der Waals surface area contributed by atoms with Crippen LogP contribution in [0.15, 0.2) is 36.0 Å². The van der Waals surface area contributed by atoms with Crippen LogP contribution in [0.2, 0.25) is 0 Å². The standard InChI is InChI=1S/C31H40N2O7/c1-29-12-10-21(34)15-19(29)6-7-22-23-11-13-31(39,30(23,2)16-24(35)28(22)29)25(36)18-40-27(38)9-8-26(37)33-17-20-5-3-4-14-32-20/h3-5,14-15,22-24,28,35,39H,6-13,16-18H2,1-2H3,(H,33,37)/t22-,23-,24-,28-,29-,30-,31-/m0/s1. The summed E-state index contributed by atoms with van der Waals surface area (Å²) in [7, 11) is 0.